The van der Waals surface area contributed by atoms with Gasteiger partial charge in [0.25, 0.3) is 0 Å². The van der Waals surface area contributed by atoms with Crippen LogP contribution in [0.1, 0.15) is 12.7 Å². The number of hydrogen-bond acceptors (Lipinski definition) is 4. The van der Waals surface area contributed by atoms with E-state index in [1.54, 1.807) is 13.4 Å². The number of rotatable bonds is 7. The smallest absolute Gasteiger partial charge is 0.135 e. The number of hydrogen-bond donors (Lipinski definition) is 1. The van der Waals surface area contributed by atoms with Crippen LogP contribution >= 0.6 is 31.9 Å². The van der Waals surface area contributed by atoms with Crippen molar-refractivity contribution in [3.63, 3.8) is 0 Å². The summed E-state index contributed by atoms with van der Waals surface area (Å²) in [6.45, 7) is 3.42. The molecule has 0 bridgehead atoms. The molecular weight excluding hydrogens is 402 g/mol. The molecule has 1 aromatic carbocycles. The highest BCUT2D eigenvalue weighted by molar-refractivity contribution is 9.11. The first-order valence-electron chi connectivity index (χ1n) is 6.53. The minimum Gasteiger partial charge on any atom is -0.496 e. The van der Waals surface area contributed by atoms with Crippen molar-refractivity contribution in [3.8, 4) is 11.5 Å². The Balaban J connectivity index is 1.87. The van der Waals surface area contributed by atoms with Crippen molar-refractivity contribution in [2.75, 3.05) is 13.7 Å². The highest BCUT2D eigenvalue weighted by Crippen LogP contribution is 2.36. The van der Waals surface area contributed by atoms with Crippen LogP contribution in [-0.2, 0) is 6.54 Å². The van der Waals surface area contributed by atoms with Crippen molar-refractivity contribution >= 4 is 31.9 Å². The lowest BCUT2D eigenvalue weighted by Gasteiger charge is -2.17. The number of benzene rings is 1. The molecule has 1 N–H and O–H groups in total. The minimum atomic E-state index is 0.0246. The molecule has 1 aromatic heterocycles. The van der Waals surface area contributed by atoms with Crippen LogP contribution in [0.3, 0.4) is 0 Å². The van der Waals surface area contributed by atoms with Crippen LogP contribution < -0.4 is 14.8 Å². The van der Waals surface area contributed by atoms with Crippen LogP contribution in [0, 0.1) is 0 Å². The Morgan fingerprint density at radius 1 is 1.24 bits per heavy atom. The summed E-state index contributed by atoms with van der Waals surface area (Å²) >= 11 is 6.95. The van der Waals surface area contributed by atoms with Gasteiger partial charge in [0, 0.05) is 6.54 Å². The summed E-state index contributed by atoms with van der Waals surface area (Å²) in [4.78, 5) is 0. The summed E-state index contributed by atoms with van der Waals surface area (Å²) in [6.07, 6.45) is 1.69. The average molecular weight is 419 g/mol. The van der Waals surface area contributed by atoms with Gasteiger partial charge in [0.05, 0.1) is 28.9 Å². The van der Waals surface area contributed by atoms with Crippen LogP contribution in [0.5, 0.6) is 11.5 Å². The molecule has 0 aliphatic carbocycles. The fourth-order valence-electron chi connectivity index (χ4n) is 1.83. The molecule has 2 rings (SSSR count). The molecule has 0 spiro atoms. The van der Waals surface area contributed by atoms with Crippen molar-refractivity contribution in [1.82, 2.24) is 5.32 Å². The topological polar surface area (TPSA) is 43.6 Å². The zero-order valence-corrected chi connectivity index (χ0v) is 15.0. The maximum atomic E-state index is 5.92. The molecule has 0 aliphatic rings. The zero-order valence-electron chi connectivity index (χ0n) is 11.9. The van der Waals surface area contributed by atoms with Gasteiger partial charge in [-0.1, -0.05) is 0 Å². The quantitative estimate of drug-likeness (QED) is 0.724. The molecule has 1 heterocycles. The standard InChI is InChI=1S/C15H17Br2NO3/c1-10(8-18-9-11-4-3-5-20-11)21-15-7-12(16)14(19-2)6-13(15)17/h3-7,10,18H,8-9H2,1-2H3. The predicted octanol–water partition coefficient (Wildman–Crippen LogP) is 4.37. The molecule has 114 valence electrons. The van der Waals surface area contributed by atoms with E-state index in [9.17, 15) is 0 Å². The van der Waals surface area contributed by atoms with Gasteiger partial charge >= 0.3 is 0 Å². The lowest BCUT2D eigenvalue weighted by atomic mass is 10.3. The molecule has 0 saturated heterocycles. The van der Waals surface area contributed by atoms with E-state index < -0.39 is 0 Å². The highest BCUT2D eigenvalue weighted by Gasteiger charge is 2.11. The van der Waals surface area contributed by atoms with Crippen LogP contribution in [0.15, 0.2) is 43.9 Å². The summed E-state index contributed by atoms with van der Waals surface area (Å²) in [5.74, 6) is 2.45. The Bertz CT molecular complexity index is 573. The van der Waals surface area contributed by atoms with Crippen LogP contribution in [-0.4, -0.2) is 19.8 Å². The highest BCUT2D eigenvalue weighted by atomic mass is 79.9. The van der Waals surface area contributed by atoms with E-state index in [-0.39, 0.29) is 6.10 Å². The van der Waals surface area contributed by atoms with E-state index in [0.29, 0.717) is 6.54 Å². The first-order valence-corrected chi connectivity index (χ1v) is 8.11. The number of ether oxygens (including phenoxy) is 2. The fraction of sp³-hybridized carbons (Fsp3) is 0.333. The van der Waals surface area contributed by atoms with E-state index in [1.807, 2.05) is 31.2 Å². The normalized spacial score (nSPS) is 12.2. The zero-order chi connectivity index (χ0) is 15.2. The molecule has 0 fully saturated rings. The molecule has 2 aromatic rings. The summed E-state index contributed by atoms with van der Waals surface area (Å²) in [5, 5.41) is 3.29. The molecule has 0 amide bonds. The Hall–Kier alpha value is -0.980. The molecule has 4 nitrogen and oxygen atoms in total. The first-order chi connectivity index (χ1) is 10.1. The van der Waals surface area contributed by atoms with Crippen LogP contribution in [0.25, 0.3) is 0 Å². The van der Waals surface area contributed by atoms with Gasteiger partial charge in [-0.3, -0.25) is 0 Å². The third-order valence-electron chi connectivity index (χ3n) is 2.85. The van der Waals surface area contributed by atoms with Gasteiger partial charge in [-0.2, -0.15) is 0 Å². The third kappa shape index (κ3) is 4.76. The molecule has 1 unspecified atom stereocenters. The summed E-state index contributed by atoms with van der Waals surface area (Å²) < 4.78 is 18.1. The summed E-state index contributed by atoms with van der Waals surface area (Å²) in [5.41, 5.74) is 0. The van der Waals surface area contributed by atoms with Gasteiger partial charge in [-0.15, -0.1) is 0 Å². The molecule has 0 saturated carbocycles. The van der Waals surface area contributed by atoms with Crippen molar-refractivity contribution in [2.45, 2.75) is 19.6 Å². The Labute approximate surface area is 141 Å². The number of methoxy groups -OCH3 is 1. The molecule has 21 heavy (non-hydrogen) atoms. The number of nitrogens with one attached hydrogen (secondary N) is 1. The van der Waals surface area contributed by atoms with Crippen LogP contribution in [0.4, 0.5) is 0 Å². The lowest BCUT2D eigenvalue weighted by molar-refractivity contribution is 0.214. The average Bonchev–Trinajstić information content (AvgIpc) is 2.95. The second-order valence-electron chi connectivity index (χ2n) is 4.56. The maximum Gasteiger partial charge on any atom is 0.135 e. The van der Waals surface area contributed by atoms with Crippen molar-refractivity contribution in [1.29, 1.82) is 0 Å². The van der Waals surface area contributed by atoms with E-state index in [2.05, 4.69) is 37.2 Å². The first kappa shape index (κ1) is 16.4. The Morgan fingerprint density at radius 3 is 2.62 bits per heavy atom. The molecule has 6 heteroatoms. The predicted molar refractivity (Wildman–Crippen MR) is 88.9 cm³/mol. The van der Waals surface area contributed by atoms with Gasteiger partial charge in [-0.25, -0.2) is 0 Å². The van der Waals surface area contributed by atoms with Gasteiger partial charge in [-0.05, 0) is 63.0 Å². The third-order valence-corrected chi connectivity index (χ3v) is 4.09. The van der Waals surface area contributed by atoms with E-state index >= 15 is 0 Å². The number of furan rings is 1. The summed E-state index contributed by atoms with van der Waals surface area (Å²) in [7, 11) is 1.63. The maximum absolute atomic E-state index is 5.92. The molecule has 0 aliphatic heterocycles. The van der Waals surface area contributed by atoms with Gasteiger partial charge in [0.1, 0.15) is 23.4 Å². The van der Waals surface area contributed by atoms with Crippen LogP contribution in [0.2, 0.25) is 0 Å². The molecule has 1 atom stereocenters. The van der Waals surface area contributed by atoms with Crippen molar-refractivity contribution in [3.05, 3.63) is 45.2 Å². The largest absolute Gasteiger partial charge is 0.496 e. The number of halogens is 2. The second kappa shape index (κ2) is 7.87. The summed E-state index contributed by atoms with van der Waals surface area (Å²) in [6, 6.07) is 7.59. The Kier molecular flexibility index (Phi) is 6.14. The Morgan fingerprint density at radius 2 is 1.95 bits per heavy atom. The van der Waals surface area contributed by atoms with Gasteiger partial charge < -0.3 is 19.2 Å². The monoisotopic (exact) mass is 417 g/mol. The fourth-order valence-corrected chi connectivity index (χ4v) is 2.73. The van der Waals surface area contributed by atoms with E-state index in [4.69, 9.17) is 13.9 Å². The van der Waals surface area contributed by atoms with Gasteiger partial charge in [0.2, 0.25) is 0 Å². The molecular formula is C15H17Br2NO3. The van der Waals surface area contributed by atoms with Gasteiger partial charge in [0.15, 0.2) is 0 Å². The SMILES string of the molecule is COc1cc(Br)c(OC(C)CNCc2ccco2)cc1Br. The molecule has 0 radical (unpaired) electrons. The minimum absolute atomic E-state index is 0.0246. The van der Waals surface area contributed by atoms with E-state index in [0.717, 1.165) is 32.7 Å². The second-order valence-corrected chi connectivity index (χ2v) is 6.26. The van der Waals surface area contributed by atoms with Crippen molar-refractivity contribution in [2.24, 2.45) is 0 Å². The van der Waals surface area contributed by atoms with Crippen molar-refractivity contribution < 1.29 is 13.9 Å². The van der Waals surface area contributed by atoms with E-state index in [1.165, 1.54) is 0 Å². The lowest BCUT2D eigenvalue weighted by Crippen LogP contribution is -2.28.